The summed E-state index contributed by atoms with van der Waals surface area (Å²) in [5.41, 5.74) is 2.79. The van der Waals surface area contributed by atoms with Crippen LogP contribution in [0.25, 0.3) is 22.8 Å². The Morgan fingerprint density at radius 3 is 2.32 bits per heavy atom. The van der Waals surface area contributed by atoms with Gasteiger partial charge in [0.1, 0.15) is 0 Å². The lowest BCUT2D eigenvalue weighted by Crippen LogP contribution is -2.27. The minimum atomic E-state index is -3.43. The number of benzene rings is 2. The van der Waals surface area contributed by atoms with E-state index in [1.807, 2.05) is 43.3 Å². The van der Waals surface area contributed by atoms with Gasteiger partial charge in [-0.2, -0.15) is 4.31 Å². The number of rotatable bonds is 5. The third-order valence-electron chi connectivity index (χ3n) is 4.63. The van der Waals surface area contributed by atoms with Gasteiger partial charge in [-0.25, -0.2) is 13.4 Å². The minimum absolute atomic E-state index is 0.296. The van der Waals surface area contributed by atoms with Gasteiger partial charge >= 0.3 is 0 Å². The molecule has 0 amide bonds. The van der Waals surface area contributed by atoms with Gasteiger partial charge < -0.3 is 9.32 Å². The van der Waals surface area contributed by atoms with Gasteiger partial charge in [-0.1, -0.05) is 0 Å². The van der Waals surface area contributed by atoms with Crippen molar-refractivity contribution in [2.75, 3.05) is 37.2 Å². The van der Waals surface area contributed by atoms with Crippen LogP contribution in [0.2, 0.25) is 0 Å². The van der Waals surface area contributed by atoms with E-state index in [9.17, 15) is 8.42 Å². The molecule has 0 aliphatic carbocycles. The molecule has 0 spiro atoms. The first kappa shape index (κ1) is 19.0. The maximum atomic E-state index is 12.6. The van der Waals surface area contributed by atoms with E-state index in [2.05, 4.69) is 4.98 Å². The Labute approximate surface area is 169 Å². The molecule has 146 valence electrons. The zero-order valence-corrected chi connectivity index (χ0v) is 17.3. The van der Waals surface area contributed by atoms with Crippen LogP contribution in [0.5, 0.6) is 0 Å². The molecule has 0 N–H and O–H groups in total. The van der Waals surface area contributed by atoms with Crippen molar-refractivity contribution in [3.8, 4) is 22.8 Å². The molecular weight excluding hydrogens is 394 g/mol. The van der Waals surface area contributed by atoms with Gasteiger partial charge in [-0.05, 0) is 48.5 Å². The van der Waals surface area contributed by atoms with Gasteiger partial charge in [-0.3, -0.25) is 0 Å². The summed E-state index contributed by atoms with van der Waals surface area (Å²) < 4.78 is 32.6. The van der Waals surface area contributed by atoms with Crippen LogP contribution >= 0.6 is 11.8 Å². The molecule has 6 nitrogen and oxygen atoms in total. The molecule has 1 fully saturated rings. The summed E-state index contributed by atoms with van der Waals surface area (Å²) in [7, 11) is 0.559. The molecule has 1 aromatic heterocycles. The van der Waals surface area contributed by atoms with Crippen LogP contribution in [0.4, 0.5) is 5.69 Å². The van der Waals surface area contributed by atoms with Gasteiger partial charge in [-0.15, -0.1) is 11.8 Å². The lowest BCUT2D eigenvalue weighted by molar-refractivity contribution is 0.489. The van der Waals surface area contributed by atoms with Crippen LogP contribution in [0.15, 0.2) is 64.0 Å². The third-order valence-corrected chi connectivity index (χ3v) is 7.62. The second-order valence-electron chi connectivity index (χ2n) is 6.71. The molecule has 1 aliphatic heterocycles. The van der Waals surface area contributed by atoms with E-state index in [4.69, 9.17) is 4.42 Å². The molecule has 28 heavy (non-hydrogen) atoms. The Morgan fingerprint density at radius 2 is 1.71 bits per heavy atom. The molecule has 2 aromatic carbocycles. The molecule has 2 heterocycles. The molecule has 0 radical (unpaired) electrons. The fourth-order valence-electron chi connectivity index (χ4n) is 2.97. The summed E-state index contributed by atoms with van der Waals surface area (Å²) in [6, 6.07) is 14.7. The van der Waals surface area contributed by atoms with Gasteiger partial charge in [0.2, 0.25) is 15.9 Å². The Hall–Kier alpha value is -2.29. The molecule has 0 atom stereocenters. The second-order valence-corrected chi connectivity index (χ2v) is 9.73. The van der Waals surface area contributed by atoms with Crippen LogP contribution in [-0.2, 0) is 10.0 Å². The van der Waals surface area contributed by atoms with Crippen molar-refractivity contribution in [3.05, 3.63) is 54.7 Å². The molecule has 0 saturated carbocycles. The fourth-order valence-corrected chi connectivity index (χ4v) is 5.79. The molecule has 0 unspecified atom stereocenters. The zero-order chi connectivity index (χ0) is 19.7. The minimum Gasteiger partial charge on any atom is -0.436 e. The van der Waals surface area contributed by atoms with Crippen LogP contribution in [-0.4, -0.2) is 50.0 Å². The number of oxazole rings is 1. The number of nitrogens with zero attached hydrogens (tertiary/aromatic N) is 3. The Balaban J connectivity index is 1.55. The van der Waals surface area contributed by atoms with Crippen molar-refractivity contribution in [3.63, 3.8) is 0 Å². The quantitative estimate of drug-likeness (QED) is 0.632. The predicted octanol–water partition coefficient (Wildman–Crippen LogP) is 3.77. The van der Waals surface area contributed by atoms with Crippen LogP contribution in [0, 0.1) is 0 Å². The first-order chi connectivity index (χ1) is 13.4. The van der Waals surface area contributed by atoms with Crippen molar-refractivity contribution in [2.24, 2.45) is 0 Å². The van der Waals surface area contributed by atoms with Crippen LogP contribution in [0.3, 0.4) is 0 Å². The van der Waals surface area contributed by atoms with Crippen molar-refractivity contribution >= 4 is 27.5 Å². The molecule has 0 bridgehead atoms. The van der Waals surface area contributed by atoms with E-state index < -0.39 is 10.0 Å². The van der Waals surface area contributed by atoms with Gasteiger partial charge in [0.15, 0.2) is 5.76 Å². The summed E-state index contributed by atoms with van der Waals surface area (Å²) in [6.45, 7) is 0.560. The van der Waals surface area contributed by atoms with E-state index >= 15 is 0 Å². The highest BCUT2D eigenvalue weighted by molar-refractivity contribution is 8.00. The van der Waals surface area contributed by atoms with E-state index in [0.29, 0.717) is 29.0 Å². The third kappa shape index (κ3) is 3.67. The molecule has 1 aliphatic rings. The number of hydrogen-bond donors (Lipinski definition) is 0. The van der Waals surface area contributed by atoms with Crippen molar-refractivity contribution in [1.29, 1.82) is 0 Å². The summed E-state index contributed by atoms with van der Waals surface area (Å²) in [5, 5.41) is 0. The average molecular weight is 416 g/mol. The van der Waals surface area contributed by atoms with Crippen molar-refractivity contribution in [2.45, 2.75) is 4.90 Å². The smallest absolute Gasteiger partial charge is 0.243 e. The molecular formula is C20H21N3O3S2. The number of anilines is 1. The summed E-state index contributed by atoms with van der Waals surface area (Å²) >= 11 is 1.63. The first-order valence-corrected chi connectivity index (χ1v) is 11.5. The monoisotopic (exact) mass is 415 g/mol. The number of hydrogen-bond acceptors (Lipinski definition) is 6. The highest BCUT2D eigenvalue weighted by Gasteiger charge is 2.27. The zero-order valence-electron chi connectivity index (χ0n) is 15.7. The van der Waals surface area contributed by atoms with Crippen LogP contribution in [0.1, 0.15) is 0 Å². The van der Waals surface area contributed by atoms with Crippen LogP contribution < -0.4 is 4.90 Å². The van der Waals surface area contributed by atoms with Gasteiger partial charge in [0.25, 0.3) is 0 Å². The molecule has 1 saturated heterocycles. The maximum absolute atomic E-state index is 12.6. The summed E-state index contributed by atoms with van der Waals surface area (Å²) in [5.74, 6) is 2.49. The van der Waals surface area contributed by atoms with Gasteiger partial charge in [0.05, 0.1) is 17.0 Å². The Bertz CT molecular complexity index is 1050. The normalized spacial score (nSPS) is 15.1. The molecule has 4 rings (SSSR count). The van der Waals surface area contributed by atoms with Crippen molar-refractivity contribution in [1.82, 2.24) is 9.29 Å². The Morgan fingerprint density at radius 1 is 1.04 bits per heavy atom. The van der Waals surface area contributed by atoms with E-state index in [1.54, 1.807) is 42.2 Å². The number of thioether (sulfide) groups is 1. The van der Waals surface area contributed by atoms with E-state index in [0.717, 1.165) is 22.6 Å². The molecule has 8 heteroatoms. The van der Waals surface area contributed by atoms with Crippen molar-refractivity contribution < 1.29 is 12.8 Å². The number of aromatic nitrogens is 1. The highest BCUT2D eigenvalue weighted by atomic mass is 32.2. The molecule has 3 aromatic rings. The van der Waals surface area contributed by atoms with E-state index in [-0.39, 0.29) is 0 Å². The topological polar surface area (TPSA) is 66.7 Å². The van der Waals surface area contributed by atoms with Gasteiger partial charge in [0, 0.05) is 43.2 Å². The SMILES string of the molecule is CN(C)c1ccc(-c2cnc(-c3ccc(S(=O)(=O)N4CCSC4)cc3)o2)cc1. The summed E-state index contributed by atoms with van der Waals surface area (Å²) in [6.07, 6.45) is 1.69. The largest absolute Gasteiger partial charge is 0.436 e. The lowest BCUT2D eigenvalue weighted by atomic mass is 10.1. The first-order valence-electron chi connectivity index (χ1n) is 8.87. The maximum Gasteiger partial charge on any atom is 0.243 e. The van der Waals surface area contributed by atoms with E-state index in [1.165, 1.54) is 4.31 Å². The summed E-state index contributed by atoms with van der Waals surface area (Å²) in [4.78, 5) is 6.68. The highest BCUT2D eigenvalue weighted by Crippen LogP contribution is 2.29. The number of sulfonamides is 1. The predicted molar refractivity (Wildman–Crippen MR) is 113 cm³/mol. The lowest BCUT2D eigenvalue weighted by Gasteiger charge is -2.14. The standard InChI is InChI=1S/C20H21N3O3S2/c1-22(2)17-7-3-15(4-8-17)19-13-21-20(26-19)16-5-9-18(10-6-16)28(24,25)23-11-12-27-14-23/h3-10,13H,11-12,14H2,1-2H3. The average Bonchev–Trinajstić information content (AvgIpc) is 3.41. The fraction of sp³-hybridized carbons (Fsp3) is 0.250. The Kier molecular flexibility index (Phi) is 5.18. The second kappa shape index (κ2) is 7.62.